The van der Waals surface area contributed by atoms with Gasteiger partial charge in [-0.05, 0) is 42.8 Å². The van der Waals surface area contributed by atoms with E-state index < -0.39 is 0 Å². The van der Waals surface area contributed by atoms with Gasteiger partial charge in [0.15, 0.2) is 5.76 Å². The second-order valence-corrected chi connectivity index (χ2v) is 9.22. The molecule has 0 spiro atoms. The highest BCUT2D eigenvalue weighted by molar-refractivity contribution is 7.99. The summed E-state index contributed by atoms with van der Waals surface area (Å²) in [6.45, 7) is 3.49. The maximum atomic E-state index is 13.8. The van der Waals surface area contributed by atoms with Crippen molar-refractivity contribution >= 4 is 23.4 Å². The second-order valence-electron chi connectivity index (χ2n) is 8.16. The zero-order chi connectivity index (χ0) is 23.3. The average Bonchev–Trinajstić information content (AvgIpc) is 3.56. The quantitative estimate of drug-likeness (QED) is 0.337. The topological polar surface area (TPSA) is 75.6 Å². The molecule has 0 bridgehead atoms. The van der Waals surface area contributed by atoms with Crippen molar-refractivity contribution in [3.05, 3.63) is 84.4 Å². The molecule has 8 heteroatoms. The molecule has 0 aliphatic carbocycles. The molecular formula is C26H26N4O3S. The Bertz CT molecular complexity index is 1230. The average molecular weight is 475 g/mol. The Kier molecular flexibility index (Phi) is 6.78. The number of amides is 1. The number of fused-ring (bicyclic) bond motifs is 1. The molecule has 0 saturated carbocycles. The summed E-state index contributed by atoms with van der Waals surface area (Å²) in [7, 11) is 0. The van der Waals surface area contributed by atoms with Gasteiger partial charge in [-0.2, -0.15) is 0 Å². The maximum absolute atomic E-state index is 13.8. The Morgan fingerprint density at radius 2 is 1.91 bits per heavy atom. The molecule has 7 nitrogen and oxygen atoms in total. The summed E-state index contributed by atoms with van der Waals surface area (Å²) in [5.74, 6) is 2.21. The van der Waals surface area contributed by atoms with Crippen LogP contribution in [-0.2, 0) is 11.3 Å². The maximum Gasteiger partial charge on any atom is 0.283 e. The number of thioether (sulfide) groups is 1. The minimum atomic E-state index is -0.0222. The van der Waals surface area contributed by atoms with Gasteiger partial charge in [-0.3, -0.25) is 9.69 Å². The highest BCUT2D eigenvalue weighted by atomic mass is 32.2. The molecule has 1 amide bonds. The standard InChI is InChI=1S/C26H26N4O3S/c1-2-14-29(16-24-27-28-26(33-24)22-12-8-15-32-22)17-25(31)30-20-11-6-7-13-23(20)34-18-21(30)19-9-4-3-5-10-19/h3-13,15,21H,2,14,16-18H2,1H3. The summed E-state index contributed by atoms with van der Waals surface area (Å²) in [6.07, 6.45) is 2.47. The summed E-state index contributed by atoms with van der Waals surface area (Å²) >= 11 is 1.80. The van der Waals surface area contributed by atoms with Crippen molar-refractivity contribution in [3.8, 4) is 11.7 Å². The molecular weight excluding hydrogens is 448 g/mol. The predicted molar refractivity (Wildman–Crippen MR) is 131 cm³/mol. The molecule has 2 aromatic carbocycles. The van der Waals surface area contributed by atoms with E-state index in [1.165, 1.54) is 0 Å². The van der Waals surface area contributed by atoms with Crippen molar-refractivity contribution in [2.24, 2.45) is 0 Å². The number of carbonyl (C=O) groups excluding carboxylic acids is 1. The first kappa shape index (κ1) is 22.4. The van der Waals surface area contributed by atoms with Crippen LogP contribution in [0.15, 0.2) is 86.7 Å². The molecule has 2 aromatic heterocycles. The second kappa shape index (κ2) is 10.3. The number of aromatic nitrogens is 2. The zero-order valence-electron chi connectivity index (χ0n) is 19.0. The van der Waals surface area contributed by atoms with E-state index in [1.54, 1.807) is 30.2 Å². The van der Waals surface area contributed by atoms with Gasteiger partial charge < -0.3 is 13.7 Å². The van der Waals surface area contributed by atoms with E-state index in [0.717, 1.165) is 34.9 Å². The molecule has 5 rings (SSSR count). The van der Waals surface area contributed by atoms with Crippen molar-refractivity contribution in [1.82, 2.24) is 15.1 Å². The number of nitrogens with zero attached hydrogens (tertiary/aromatic N) is 4. The van der Waals surface area contributed by atoms with Crippen LogP contribution in [0.4, 0.5) is 5.69 Å². The summed E-state index contributed by atoms with van der Waals surface area (Å²) < 4.78 is 11.1. The molecule has 0 fully saturated rings. The first-order valence-corrected chi connectivity index (χ1v) is 12.4. The third-order valence-electron chi connectivity index (χ3n) is 5.74. The predicted octanol–water partition coefficient (Wildman–Crippen LogP) is 5.42. The first-order valence-electron chi connectivity index (χ1n) is 11.4. The van der Waals surface area contributed by atoms with Gasteiger partial charge in [-0.15, -0.1) is 22.0 Å². The molecule has 1 aliphatic rings. The van der Waals surface area contributed by atoms with Crippen LogP contribution in [0.3, 0.4) is 0 Å². The Morgan fingerprint density at radius 3 is 2.71 bits per heavy atom. The van der Waals surface area contributed by atoms with Crippen LogP contribution < -0.4 is 4.90 Å². The summed E-state index contributed by atoms with van der Waals surface area (Å²) in [6, 6.07) is 21.9. The van der Waals surface area contributed by atoms with E-state index in [9.17, 15) is 4.79 Å². The van der Waals surface area contributed by atoms with Gasteiger partial charge in [0.05, 0.1) is 31.1 Å². The third-order valence-corrected chi connectivity index (χ3v) is 6.88. The van der Waals surface area contributed by atoms with Crippen molar-refractivity contribution in [1.29, 1.82) is 0 Å². The van der Waals surface area contributed by atoms with Crippen molar-refractivity contribution in [2.45, 2.75) is 30.8 Å². The van der Waals surface area contributed by atoms with Crippen molar-refractivity contribution < 1.29 is 13.6 Å². The molecule has 0 N–H and O–H groups in total. The van der Waals surface area contributed by atoms with E-state index in [4.69, 9.17) is 8.83 Å². The molecule has 0 radical (unpaired) electrons. The highest BCUT2D eigenvalue weighted by Crippen LogP contribution is 2.43. The van der Waals surface area contributed by atoms with Gasteiger partial charge in [0.1, 0.15) is 0 Å². The number of anilines is 1. The minimum Gasteiger partial charge on any atom is -0.459 e. The van der Waals surface area contributed by atoms with Crippen LogP contribution >= 0.6 is 11.8 Å². The molecule has 174 valence electrons. The third kappa shape index (κ3) is 4.78. The number of rotatable bonds is 8. The molecule has 1 atom stereocenters. The molecule has 3 heterocycles. The number of hydrogen-bond donors (Lipinski definition) is 0. The Morgan fingerprint density at radius 1 is 1.09 bits per heavy atom. The highest BCUT2D eigenvalue weighted by Gasteiger charge is 2.33. The van der Waals surface area contributed by atoms with Crippen LogP contribution in [0, 0.1) is 0 Å². The number of para-hydroxylation sites is 1. The molecule has 34 heavy (non-hydrogen) atoms. The fraction of sp³-hybridized carbons (Fsp3) is 0.269. The van der Waals surface area contributed by atoms with Crippen LogP contribution in [0.25, 0.3) is 11.7 Å². The summed E-state index contributed by atoms with van der Waals surface area (Å²) in [5, 5.41) is 8.25. The number of furan rings is 1. The van der Waals surface area contributed by atoms with E-state index >= 15 is 0 Å². The van der Waals surface area contributed by atoms with Gasteiger partial charge in [0, 0.05) is 10.6 Å². The fourth-order valence-corrected chi connectivity index (χ4v) is 5.39. The minimum absolute atomic E-state index is 0.0222. The summed E-state index contributed by atoms with van der Waals surface area (Å²) in [4.78, 5) is 19.0. The fourth-order valence-electron chi connectivity index (χ4n) is 4.22. The lowest BCUT2D eigenvalue weighted by Gasteiger charge is -2.38. The Balaban J connectivity index is 1.38. The van der Waals surface area contributed by atoms with Gasteiger partial charge in [-0.25, -0.2) is 0 Å². The lowest BCUT2D eigenvalue weighted by Crippen LogP contribution is -2.44. The molecule has 1 aliphatic heterocycles. The van der Waals surface area contributed by atoms with Gasteiger partial charge >= 0.3 is 0 Å². The SMILES string of the molecule is CCCN(CC(=O)N1c2ccccc2SCC1c1ccccc1)Cc1nnc(-c2ccco2)o1. The monoisotopic (exact) mass is 474 g/mol. The first-order chi connectivity index (χ1) is 16.7. The van der Waals surface area contributed by atoms with E-state index in [-0.39, 0.29) is 18.5 Å². The van der Waals surface area contributed by atoms with Crippen LogP contribution in [0.5, 0.6) is 0 Å². The summed E-state index contributed by atoms with van der Waals surface area (Å²) in [5.41, 5.74) is 2.10. The van der Waals surface area contributed by atoms with E-state index in [1.807, 2.05) is 41.3 Å². The van der Waals surface area contributed by atoms with E-state index in [0.29, 0.717) is 24.1 Å². The number of carbonyl (C=O) groups is 1. The molecule has 0 saturated heterocycles. The zero-order valence-corrected chi connectivity index (χ0v) is 19.8. The lowest BCUT2D eigenvalue weighted by molar-refractivity contribution is -0.120. The Hall–Kier alpha value is -3.36. The van der Waals surface area contributed by atoms with E-state index in [2.05, 4.69) is 40.2 Å². The van der Waals surface area contributed by atoms with Crippen LogP contribution in [-0.4, -0.2) is 39.8 Å². The Labute approximate surface area is 202 Å². The lowest BCUT2D eigenvalue weighted by atomic mass is 10.1. The van der Waals surface area contributed by atoms with Crippen LogP contribution in [0.1, 0.15) is 30.8 Å². The van der Waals surface area contributed by atoms with Crippen molar-refractivity contribution in [3.63, 3.8) is 0 Å². The van der Waals surface area contributed by atoms with Crippen molar-refractivity contribution in [2.75, 3.05) is 23.7 Å². The largest absolute Gasteiger partial charge is 0.459 e. The van der Waals surface area contributed by atoms with Gasteiger partial charge in [0.25, 0.3) is 5.89 Å². The van der Waals surface area contributed by atoms with Gasteiger partial charge in [-0.1, -0.05) is 49.4 Å². The normalized spacial score (nSPS) is 15.5. The number of hydrogen-bond acceptors (Lipinski definition) is 7. The smallest absolute Gasteiger partial charge is 0.283 e. The van der Waals surface area contributed by atoms with Gasteiger partial charge in [0.2, 0.25) is 11.8 Å². The molecule has 4 aromatic rings. The number of benzene rings is 2. The van der Waals surface area contributed by atoms with Crippen LogP contribution in [0.2, 0.25) is 0 Å². The molecule has 1 unspecified atom stereocenters.